The molecule has 0 aliphatic heterocycles. The molecule has 0 spiro atoms. The van der Waals surface area contributed by atoms with Crippen molar-refractivity contribution in [3.8, 4) is 5.88 Å². The van der Waals surface area contributed by atoms with Crippen molar-refractivity contribution >= 4 is 5.95 Å². The summed E-state index contributed by atoms with van der Waals surface area (Å²) >= 11 is 0. The largest absolute Gasteiger partial charge is 0.475 e. The van der Waals surface area contributed by atoms with E-state index in [2.05, 4.69) is 15.3 Å². The van der Waals surface area contributed by atoms with Gasteiger partial charge in [0.2, 0.25) is 11.8 Å². The number of hydrogen-bond donors (Lipinski definition) is 1. The monoisotopic (exact) mass is 289 g/mol. The average Bonchev–Trinajstić information content (AvgIpc) is 2.39. The maximum Gasteiger partial charge on any atom is 0.226 e. The van der Waals surface area contributed by atoms with E-state index < -0.39 is 0 Å². The maximum atomic E-state index is 12.8. The van der Waals surface area contributed by atoms with Crippen molar-refractivity contribution < 1.29 is 9.13 Å². The van der Waals surface area contributed by atoms with E-state index in [1.54, 1.807) is 12.1 Å². The number of nitrogens with one attached hydrogen (secondary N) is 1. The van der Waals surface area contributed by atoms with Gasteiger partial charge in [-0.2, -0.15) is 4.98 Å². The second-order valence-corrected chi connectivity index (χ2v) is 5.14. The molecule has 0 saturated heterocycles. The van der Waals surface area contributed by atoms with E-state index >= 15 is 0 Å². The van der Waals surface area contributed by atoms with Gasteiger partial charge in [0.1, 0.15) is 5.82 Å². The lowest BCUT2D eigenvalue weighted by atomic mass is 10.1. The molecule has 0 fully saturated rings. The molecule has 0 atom stereocenters. The predicted molar refractivity (Wildman–Crippen MR) is 81.1 cm³/mol. The van der Waals surface area contributed by atoms with Crippen LogP contribution >= 0.6 is 0 Å². The third-order valence-corrected chi connectivity index (χ3v) is 2.80. The summed E-state index contributed by atoms with van der Waals surface area (Å²) in [5, 5.41) is 3.17. The second kappa shape index (κ2) is 7.02. The van der Waals surface area contributed by atoms with Gasteiger partial charge in [-0.05, 0) is 44.9 Å². The van der Waals surface area contributed by atoms with Gasteiger partial charge in [0.25, 0.3) is 0 Å². The molecule has 1 heterocycles. The van der Waals surface area contributed by atoms with E-state index in [4.69, 9.17) is 4.74 Å². The topological polar surface area (TPSA) is 47.0 Å². The van der Waals surface area contributed by atoms with Crippen LogP contribution in [0.3, 0.4) is 0 Å². The van der Waals surface area contributed by atoms with E-state index in [0.29, 0.717) is 18.4 Å². The Bertz CT molecular complexity index is 585. The molecule has 0 unspecified atom stereocenters. The molecule has 0 aliphatic rings. The zero-order chi connectivity index (χ0) is 15.2. The summed E-state index contributed by atoms with van der Waals surface area (Å²) in [5.41, 5.74) is 1.92. The summed E-state index contributed by atoms with van der Waals surface area (Å²) in [5.74, 6) is 0.902. The number of aromatic nitrogens is 2. The number of ether oxygens (including phenoxy) is 1. The molecule has 2 rings (SSSR count). The first-order chi connectivity index (χ1) is 10.0. The van der Waals surface area contributed by atoms with Gasteiger partial charge in [0.15, 0.2) is 0 Å². The molecule has 1 aromatic carbocycles. The Labute approximate surface area is 124 Å². The molecule has 0 amide bonds. The predicted octanol–water partition coefficient (Wildman–Crippen LogP) is 3.37. The lowest BCUT2D eigenvalue weighted by Gasteiger charge is -2.11. The van der Waals surface area contributed by atoms with Gasteiger partial charge in [0, 0.05) is 18.3 Å². The minimum Gasteiger partial charge on any atom is -0.475 e. The summed E-state index contributed by atoms with van der Waals surface area (Å²) in [7, 11) is 0. The Morgan fingerprint density at radius 2 is 1.90 bits per heavy atom. The Kier molecular flexibility index (Phi) is 5.09. The molecule has 2 aromatic rings. The van der Waals surface area contributed by atoms with Crippen LogP contribution in [0, 0.1) is 12.7 Å². The number of aryl methyl sites for hydroxylation is 1. The Balaban J connectivity index is 1.93. The summed E-state index contributed by atoms with van der Waals surface area (Å²) in [6, 6.07) is 8.30. The lowest BCUT2D eigenvalue weighted by Crippen LogP contribution is -2.12. The second-order valence-electron chi connectivity index (χ2n) is 5.14. The number of rotatable bonds is 6. The normalized spacial score (nSPS) is 10.7. The fraction of sp³-hybridized carbons (Fsp3) is 0.375. The number of hydrogen-bond acceptors (Lipinski definition) is 4. The maximum absolute atomic E-state index is 12.8. The number of halogens is 1. The van der Waals surface area contributed by atoms with E-state index in [-0.39, 0.29) is 11.9 Å². The molecule has 0 saturated carbocycles. The van der Waals surface area contributed by atoms with Crippen molar-refractivity contribution in [2.75, 3.05) is 11.9 Å². The molecule has 5 heteroatoms. The molecule has 4 nitrogen and oxygen atoms in total. The van der Waals surface area contributed by atoms with Crippen LogP contribution in [0.15, 0.2) is 30.3 Å². The van der Waals surface area contributed by atoms with Crippen LogP contribution in [0.4, 0.5) is 10.3 Å². The van der Waals surface area contributed by atoms with E-state index in [1.807, 2.05) is 26.8 Å². The van der Waals surface area contributed by atoms with E-state index in [9.17, 15) is 4.39 Å². The highest BCUT2D eigenvalue weighted by Gasteiger charge is 2.05. The van der Waals surface area contributed by atoms with Gasteiger partial charge in [0.05, 0.1) is 6.10 Å². The SMILES string of the molecule is Cc1cc(OC(C)C)nc(NCCc2ccc(F)cc2)n1. The zero-order valence-corrected chi connectivity index (χ0v) is 12.6. The standard InChI is InChI=1S/C16H20FN3O/c1-11(2)21-15-10-12(3)19-16(20-15)18-9-8-13-4-6-14(17)7-5-13/h4-7,10-11H,8-9H2,1-3H3,(H,18,19,20). The van der Waals surface area contributed by atoms with E-state index in [1.165, 1.54) is 12.1 Å². The van der Waals surface area contributed by atoms with Crippen molar-refractivity contribution in [2.45, 2.75) is 33.3 Å². The quantitative estimate of drug-likeness (QED) is 0.885. The third kappa shape index (κ3) is 5.02. The highest BCUT2D eigenvalue weighted by molar-refractivity contribution is 5.31. The molecule has 0 aliphatic carbocycles. The summed E-state index contributed by atoms with van der Waals surface area (Å²) in [4.78, 5) is 8.64. The first-order valence-corrected chi connectivity index (χ1v) is 7.03. The van der Waals surface area contributed by atoms with Crippen molar-refractivity contribution in [3.63, 3.8) is 0 Å². The first-order valence-electron chi connectivity index (χ1n) is 7.03. The van der Waals surface area contributed by atoms with Gasteiger partial charge in [-0.25, -0.2) is 9.37 Å². The molecular formula is C16H20FN3O. The number of benzene rings is 1. The molecular weight excluding hydrogens is 269 g/mol. The Hall–Kier alpha value is -2.17. The number of nitrogens with zero attached hydrogens (tertiary/aromatic N) is 2. The van der Waals surface area contributed by atoms with Gasteiger partial charge in [-0.15, -0.1) is 0 Å². The fourth-order valence-corrected chi connectivity index (χ4v) is 1.89. The van der Waals surface area contributed by atoms with Crippen LogP contribution in [0.5, 0.6) is 5.88 Å². The highest BCUT2D eigenvalue weighted by Crippen LogP contribution is 2.13. The van der Waals surface area contributed by atoms with Crippen LogP contribution < -0.4 is 10.1 Å². The van der Waals surface area contributed by atoms with Gasteiger partial charge in [-0.1, -0.05) is 12.1 Å². The Morgan fingerprint density at radius 1 is 1.19 bits per heavy atom. The highest BCUT2D eigenvalue weighted by atomic mass is 19.1. The Morgan fingerprint density at radius 3 is 2.57 bits per heavy atom. The van der Waals surface area contributed by atoms with Crippen molar-refractivity contribution in [1.82, 2.24) is 9.97 Å². The van der Waals surface area contributed by atoms with Crippen molar-refractivity contribution in [2.24, 2.45) is 0 Å². The summed E-state index contributed by atoms with van der Waals surface area (Å²) in [6.07, 6.45) is 0.851. The fourth-order valence-electron chi connectivity index (χ4n) is 1.89. The minimum absolute atomic E-state index is 0.0753. The molecule has 1 aromatic heterocycles. The number of anilines is 1. The lowest BCUT2D eigenvalue weighted by molar-refractivity contribution is 0.232. The minimum atomic E-state index is -0.218. The molecule has 1 N–H and O–H groups in total. The van der Waals surface area contributed by atoms with Crippen LogP contribution in [0.2, 0.25) is 0 Å². The summed E-state index contributed by atoms with van der Waals surface area (Å²) in [6.45, 7) is 6.49. The average molecular weight is 289 g/mol. The zero-order valence-electron chi connectivity index (χ0n) is 12.6. The molecule has 21 heavy (non-hydrogen) atoms. The van der Waals surface area contributed by atoms with Gasteiger partial charge in [-0.3, -0.25) is 0 Å². The first kappa shape index (κ1) is 15.2. The molecule has 112 valence electrons. The van der Waals surface area contributed by atoms with Crippen LogP contribution in [0.25, 0.3) is 0 Å². The third-order valence-electron chi connectivity index (χ3n) is 2.80. The van der Waals surface area contributed by atoms with Crippen LogP contribution in [-0.2, 0) is 6.42 Å². The molecule has 0 bridgehead atoms. The van der Waals surface area contributed by atoms with Crippen LogP contribution in [-0.4, -0.2) is 22.6 Å². The van der Waals surface area contributed by atoms with E-state index in [0.717, 1.165) is 17.7 Å². The van der Waals surface area contributed by atoms with Crippen molar-refractivity contribution in [3.05, 3.63) is 47.4 Å². The summed E-state index contributed by atoms with van der Waals surface area (Å²) < 4.78 is 18.4. The van der Waals surface area contributed by atoms with Crippen molar-refractivity contribution in [1.29, 1.82) is 0 Å². The smallest absolute Gasteiger partial charge is 0.226 e. The van der Waals surface area contributed by atoms with Crippen LogP contribution in [0.1, 0.15) is 25.1 Å². The van der Waals surface area contributed by atoms with Gasteiger partial charge >= 0.3 is 0 Å². The van der Waals surface area contributed by atoms with Gasteiger partial charge < -0.3 is 10.1 Å². The molecule has 0 radical (unpaired) electrons.